The lowest BCUT2D eigenvalue weighted by Crippen LogP contribution is -2.49. The first-order valence-corrected chi connectivity index (χ1v) is 13.3. The summed E-state index contributed by atoms with van der Waals surface area (Å²) in [5.74, 6) is 0.102. The van der Waals surface area contributed by atoms with Crippen molar-refractivity contribution in [3.8, 4) is 0 Å². The number of amides is 1. The predicted molar refractivity (Wildman–Crippen MR) is 143 cm³/mol. The van der Waals surface area contributed by atoms with E-state index in [1.165, 1.54) is 24.3 Å². The highest BCUT2D eigenvalue weighted by atomic mass is 32.2. The van der Waals surface area contributed by atoms with E-state index in [1.807, 2.05) is 4.90 Å². The van der Waals surface area contributed by atoms with Crippen LogP contribution < -0.4 is 9.80 Å². The molecule has 5 nitrogen and oxygen atoms in total. The Morgan fingerprint density at radius 2 is 1.21 bits per heavy atom. The summed E-state index contributed by atoms with van der Waals surface area (Å²) >= 11 is -0.133. The summed E-state index contributed by atoms with van der Waals surface area (Å²) in [5, 5.41) is 0. The minimum Gasteiger partial charge on any atom is -0.369 e. The van der Waals surface area contributed by atoms with Crippen LogP contribution in [0.15, 0.2) is 53.4 Å². The van der Waals surface area contributed by atoms with Gasteiger partial charge < -0.3 is 14.7 Å². The maximum absolute atomic E-state index is 12.8. The zero-order valence-electron chi connectivity index (χ0n) is 20.8. The van der Waals surface area contributed by atoms with Gasteiger partial charge in [-0.1, -0.05) is 7.43 Å². The predicted octanol–water partition coefficient (Wildman–Crippen LogP) is 6.20. The van der Waals surface area contributed by atoms with Crippen molar-refractivity contribution in [1.82, 2.24) is 9.80 Å². The summed E-state index contributed by atoms with van der Waals surface area (Å²) in [4.78, 5) is 21.1. The number of halogens is 6. The number of carbonyl (C=O) groups excluding carboxylic acids is 1. The van der Waals surface area contributed by atoms with Crippen LogP contribution >= 0.6 is 11.8 Å². The van der Waals surface area contributed by atoms with Crippen molar-refractivity contribution in [2.75, 3.05) is 68.7 Å². The third kappa shape index (κ3) is 8.96. The molecule has 0 N–H and O–H groups in total. The van der Waals surface area contributed by atoms with Crippen molar-refractivity contribution in [1.29, 1.82) is 0 Å². The number of carbonyl (C=O) groups is 1. The maximum atomic E-state index is 12.8. The van der Waals surface area contributed by atoms with E-state index in [4.69, 9.17) is 0 Å². The highest BCUT2D eigenvalue weighted by molar-refractivity contribution is 8.00. The largest absolute Gasteiger partial charge is 0.446 e. The van der Waals surface area contributed by atoms with Gasteiger partial charge in [0.2, 0.25) is 5.91 Å². The Hall–Kier alpha value is -2.60. The first-order valence-electron chi connectivity index (χ1n) is 12.5. The Kier molecular flexibility index (Phi) is 10.4. The summed E-state index contributed by atoms with van der Waals surface area (Å²) < 4.78 is 75.8. The number of hydrogen-bond acceptors (Lipinski definition) is 5. The van der Waals surface area contributed by atoms with Crippen LogP contribution in [0.25, 0.3) is 0 Å². The van der Waals surface area contributed by atoms with Crippen LogP contribution in [0.3, 0.4) is 0 Å². The molecule has 2 heterocycles. The van der Waals surface area contributed by atoms with Gasteiger partial charge >= 0.3 is 11.7 Å². The molecule has 1 amide bonds. The molecule has 0 bridgehead atoms. The van der Waals surface area contributed by atoms with Crippen LogP contribution in [0, 0.1) is 0 Å². The number of rotatable bonds is 7. The molecule has 2 aromatic rings. The Morgan fingerprint density at radius 1 is 0.718 bits per heavy atom. The zero-order chi connectivity index (χ0) is 27.3. The number of nitrogens with zero attached hydrogens (tertiary/aromatic N) is 4. The number of benzene rings is 2. The van der Waals surface area contributed by atoms with Gasteiger partial charge in [-0.2, -0.15) is 26.3 Å². The lowest BCUT2D eigenvalue weighted by atomic mass is 10.1. The van der Waals surface area contributed by atoms with Crippen LogP contribution in [0.4, 0.5) is 37.7 Å². The number of piperazine rings is 2. The Balaban J connectivity index is 0.00000420. The van der Waals surface area contributed by atoms with Gasteiger partial charge in [0, 0.05) is 75.0 Å². The lowest BCUT2D eigenvalue weighted by molar-refractivity contribution is -0.137. The zero-order valence-corrected chi connectivity index (χ0v) is 21.6. The molecular formula is C27H34F6N4OS. The van der Waals surface area contributed by atoms with Crippen LogP contribution in [-0.2, 0) is 11.0 Å². The van der Waals surface area contributed by atoms with Gasteiger partial charge in [-0.3, -0.25) is 9.69 Å². The molecule has 0 saturated carbocycles. The van der Waals surface area contributed by atoms with Gasteiger partial charge in [0.25, 0.3) is 0 Å². The Morgan fingerprint density at radius 3 is 1.69 bits per heavy atom. The minimum atomic E-state index is -4.34. The minimum absolute atomic E-state index is 0. The van der Waals surface area contributed by atoms with Crippen molar-refractivity contribution < 1.29 is 31.1 Å². The van der Waals surface area contributed by atoms with Crippen LogP contribution in [-0.4, -0.2) is 80.1 Å². The van der Waals surface area contributed by atoms with Crippen molar-refractivity contribution in [3.05, 3.63) is 54.1 Å². The smallest absolute Gasteiger partial charge is 0.369 e. The molecule has 0 atom stereocenters. The molecule has 2 fully saturated rings. The van der Waals surface area contributed by atoms with Crippen molar-refractivity contribution in [3.63, 3.8) is 0 Å². The maximum Gasteiger partial charge on any atom is 0.446 e. The molecule has 216 valence electrons. The molecule has 0 unspecified atom stereocenters. The molecule has 0 aromatic heterocycles. The summed E-state index contributed by atoms with van der Waals surface area (Å²) in [7, 11) is 0. The monoisotopic (exact) mass is 576 g/mol. The second-order valence-electron chi connectivity index (χ2n) is 9.39. The lowest BCUT2D eigenvalue weighted by Gasteiger charge is -2.37. The quantitative estimate of drug-likeness (QED) is 0.289. The van der Waals surface area contributed by atoms with E-state index in [2.05, 4.69) is 14.7 Å². The fraction of sp³-hybridized carbons (Fsp3) is 0.519. The fourth-order valence-electron chi connectivity index (χ4n) is 4.78. The number of hydrogen-bond donors (Lipinski definition) is 0. The van der Waals surface area contributed by atoms with E-state index in [1.54, 1.807) is 12.1 Å². The second kappa shape index (κ2) is 13.2. The van der Waals surface area contributed by atoms with E-state index in [9.17, 15) is 31.1 Å². The molecule has 12 heteroatoms. The van der Waals surface area contributed by atoms with E-state index >= 15 is 0 Å². The highest BCUT2D eigenvalue weighted by Crippen LogP contribution is 2.37. The van der Waals surface area contributed by atoms with Crippen LogP contribution in [0.2, 0.25) is 0 Å². The molecule has 39 heavy (non-hydrogen) atoms. The van der Waals surface area contributed by atoms with Gasteiger partial charge in [0.05, 0.1) is 5.56 Å². The summed E-state index contributed by atoms with van der Waals surface area (Å²) in [5.41, 5.74) is -3.33. The first kappa shape index (κ1) is 30.9. The van der Waals surface area contributed by atoms with Gasteiger partial charge in [-0.25, -0.2) is 0 Å². The number of alkyl halides is 6. The molecule has 4 rings (SSSR count). The Labute approximate surface area is 229 Å². The van der Waals surface area contributed by atoms with Crippen molar-refractivity contribution >= 4 is 29.0 Å². The molecule has 2 aliphatic heterocycles. The van der Waals surface area contributed by atoms with E-state index < -0.39 is 17.2 Å². The molecule has 0 spiro atoms. The standard InChI is InChI=1S/C26H30F6N4OS.CH4/c27-25(28,29)20-3-5-21(6-4-20)34-14-12-33(13-15-34)11-1-2-24(37)36-18-16-35(17-19-36)22-7-9-23(10-8-22)38-26(30,31)32;/h3-10H,1-2,11-19H2;1H4. The second-order valence-corrected chi connectivity index (χ2v) is 10.5. The topological polar surface area (TPSA) is 30.0 Å². The first-order chi connectivity index (χ1) is 18.0. The number of anilines is 2. The van der Waals surface area contributed by atoms with Crippen LogP contribution in [0.1, 0.15) is 25.8 Å². The van der Waals surface area contributed by atoms with Gasteiger partial charge in [0.1, 0.15) is 0 Å². The highest BCUT2D eigenvalue weighted by Gasteiger charge is 2.31. The SMILES string of the molecule is C.O=C(CCCN1CCN(c2ccc(C(F)(F)F)cc2)CC1)N1CCN(c2ccc(SC(F)(F)F)cc2)CC1. The average molecular weight is 577 g/mol. The third-order valence-corrected chi connectivity index (χ3v) is 7.60. The third-order valence-electron chi connectivity index (χ3n) is 6.86. The van der Waals surface area contributed by atoms with E-state index in [-0.39, 0.29) is 30.0 Å². The molecular weight excluding hydrogens is 542 g/mol. The normalized spacial score (nSPS) is 17.2. The molecule has 0 radical (unpaired) electrons. The molecule has 2 aliphatic rings. The average Bonchev–Trinajstić information content (AvgIpc) is 2.88. The van der Waals surface area contributed by atoms with Crippen LogP contribution in [0.5, 0.6) is 0 Å². The molecule has 0 aliphatic carbocycles. The summed E-state index contributed by atoms with van der Waals surface area (Å²) in [6.07, 6.45) is -3.16. The fourth-order valence-corrected chi connectivity index (χ4v) is 5.32. The van der Waals surface area contributed by atoms with E-state index in [0.29, 0.717) is 32.6 Å². The molecule has 2 saturated heterocycles. The van der Waals surface area contributed by atoms with E-state index in [0.717, 1.165) is 62.7 Å². The summed E-state index contributed by atoms with van der Waals surface area (Å²) in [6.45, 7) is 6.20. The number of thioether (sulfide) groups is 1. The van der Waals surface area contributed by atoms with Crippen molar-refractivity contribution in [2.24, 2.45) is 0 Å². The van der Waals surface area contributed by atoms with Crippen molar-refractivity contribution in [2.45, 2.75) is 36.8 Å². The summed E-state index contributed by atoms with van der Waals surface area (Å²) in [6, 6.07) is 11.5. The van der Waals surface area contributed by atoms with Gasteiger partial charge in [-0.15, -0.1) is 0 Å². The van der Waals surface area contributed by atoms with Gasteiger partial charge in [-0.05, 0) is 73.3 Å². The molecule has 2 aromatic carbocycles. The Bertz CT molecular complexity index is 1050. The van der Waals surface area contributed by atoms with Gasteiger partial charge in [0.15, 0.2) is 0 Å².